The van der Waals surface area contributed by atoms with Gasteiger partial charge >= 0.3 is 0 Å². The molecule has 1 N–H and O–H groups in total. The lowest BCUT2D eigenvalue weighted by Crippen LogP contribution is -2.09. The summed E-state index contributed by atoms with van der Waals surface area (Å²) < 4.78 is 1.42. The molecule has 9 heteroatoms. The number of nitrogens with zero attached hydrogens (tertiary/aromatic N) is 6. The number of aryl methyl sites for hydroxylation is 1. The molecule has 0 bridgehead atoms. The normalized spacial score (nSPS) is 10.7. The lowest BCUT2D eigenvalue weighted by atomic mass is 10.4. The molecule has 0 saturated carbocycles. The zero-order chi connectivity index (χ0) is 13.9. The first-order valence-corrected chi connectivity index (χ1v) is 6.96. The maximum absolute atomic E-state index is 5.89. The quantitative estimate of drug-likeness (QED) is 0.795. The van der Waals surface area contributed by atoms with Crippen LogP contribution in [-0.4, -0.2) is 29.7 Å². The van der Waals surface area contributed by atoms with Crippen molar-refractivity contribution in [1.82, 2.24) is 29.7 Å². The van der Waals surface area contributed by atoms with Gasteiger partial charge in [-0.3, -0.25) is 0 Å². The van der Waals surface area contributed by atoms with Crippen molar-refractivity contribution in [2.45, 2.75) is 13.5 Å². The third kappa shape index (κ3) is 2.91. The van der Waals surface area contributed by atoms with E-state index in [1.165, 1.54) is 27.1 Å². The first-order chi connectivity index (χ1) is 9.70. The van der Waals surface area contributed by atoms with E-state index in [9.17, 15) is 0 Å². The van der Waals surface area contributed by atoms with Gasteiger partial charge in [0, 0.05) is 9.75 Å². The Hall–Kier alpha value is -2.06. The molecule has 0 atom stereocenters. The average molecular weight is 308 g/mol. The predicted molar refractivity (Wildman–Crippen MR) is 76.1 cm³/mol. The van der Waals surface area contributed by atoms with Crippen LogP contribution in [0, 0.1) is 6.92 Å². The van der Waals surface area contributed by atoms with E-state index in [0.717, 1.165) is 0 Å². The number of hydrogen-bond acceptors (Lipinski definition) is 7. The van der Waals surface area contributed by atoms with Crippen LogP contribution in [0.25, 0.3) is 5.95 Å². The Labute approximate surface area is 123 Å². The van der Waals surface area contributed by atoms with E-state index in [2.05, 4.69) is 49.4 Å². The monoisotopic (exact) mass is 307 g/mol. The summed E-state index contributed by atoms with van der Waals surface area (Å²) >= 11 is 7.61. The van der Waals surface area contributed by atoms with Crippen LogP contribution in [0.4, 0.5) is 5.95 Å². The number of anilines is 1. The Bertz CT molecular complexity index is 709. The van der Waals surface area contributed by atoms with Gasteiger partial charge in [0.1, 0.15) is 12.7 Å². The van der Waals surface area contributed by atoms with Gasteiger partial charge in [-0.1, -0.05) is 0 Å². The summed E-state index contributed by atoms with van der Waals surface area (Å²) in [5.74, 6) is 0.730. The topological polar surface area (TPSA) is 81.4 Å². The zero-order valence-corrected chi connectivity index (χ0v) is 12.1. The van der Waals surface area contributed by atoms with Crippen LogP contribution in [0.15, 0.2) is 24.8 Å². The van der Waals surface area contributed by atoms with Crippen molar-refractivity contribution in [3.05, 3.63) is 39.8 Å². The number of aromatic nitrogens is 6. The highest BCUT2D eigenvalue weighted by Crippen LogP contribution is 2.16. The molecule has 7 nitrogen and oxygen atoms in total. The van der Waals surface area contributed by atoms with Crippen molar-refractivity contribution in [2.24, 2.45) is 0 Å². The fraction of sp³-hybridized carbons (Fsp3) is 0.182. The highest BCUT2D eigenvalue weighted by Gasteiger charge is 2.07. The molecule has 0 spiro atoms. The first kappa shape index (κ1) is 12.9. The molecule has 3 aromatic rings. The predicted octanol–water partition coefficient (Wildman–Crippen LogP) is 2.09. The molecule has 3 rings (SSSR count). The second kappa shape index (κ2) is 5.51. The van der Waals surface area contributed by atoms with Crippen LogP contribution in [-0.2, 0) is 6.54 Å². The number of nitrogens with one attached hydrogen (secondary N) is 1. The summed E-state index contributed by atoms with van der Waals surface area (Å²) in [5.41, 5.74) is 0. The molecule has 0 aliphatic heterocycles. The molecule has 3 heterocycles. The minimum atomic E-state index is 0.107. The smallest absolute Gasteiger partial charge is 0.258 e. The van der Waals surface area contributed by atoms with Gasteiger partial charge in [-0.05, 0) is 30.7 Å². The van der Waals surface area contributed by atoms with Crippen molar-refractivity contribution in [2.75, 3.05) is 5.32 Å². The fourth-order valence-electron chi connectivity index (χ4n) is 1.58. The molecule has 0 saturated heterocycles. The molecule has 0 radical (unpaired) electrons. The molecule has 0 unspecified atom stereocenters. The zero-order valence-electron chi connectivity index (χ0n) is 10.5. The second-order valence-corrected chi connectivity index (χ2v) is 5.64. The Morgan fingerprint density at radius 1 is 1.30 bits per heavy atom. The van der Waals surface area contributed by atoms with Crippen molar-refractivity contribution >= 4 is 28.9 Å². The van der Waals surface area contributed by atoms with Crippen molar-refractivity contribution < 1.29 is 0 Å². The summed E-state index contributed by atoms with van der Waals surface area (Å²) in [5, 5.41) is 7.19. The molecule has 102 valence electrons. The van der Waals surface area contributed by atoms with E-state index in [4.69, 9.17) is 11.6 Å². The highest BCUT2D eigenvalue weighted by atomic mass is 35.5. The van der Waals surface area contributed by atoms with E-state index in [1.54, 1.807) is 11.3 Å². The molecule has 0 aliphatic carbocycles. The maximum atomic E-state index is 5.89. The highest BCUT2D eigenvalue weighted by molar-refractivity contribution is 7.11. The molecular weight excluding hydrogens is 298 g/mol. The van der Waals surface area contributed by atoms with E-state index in [-0.39, 0.29) is 5.28 Å². The third-order valence-electron chi connectivity index (χ3n) is 2.44. The van der Waals surface area contributed by atoms with Gasteiger partial charge in [-0.2, -0.15) is 24.7 Å². The number of rotatable bonds is 4. The molecule has 0 fully saturated rings. The minimum Gasteiger partial charge on any atom is -0.349 e. The van der Waals surface area contributed by atoms with Gasteiger partial charge < -0.3 is 5.32 Å². The summed E-state index contributed by atoms with van der Waals surface area (Å²) in [4.78, 5) is 18.6. The van der Waals surface area contributed by atoms with Crippen LogP contribution in [0.5, 0.6) is 0 Å². The third-order valence-corrected chi connectivity index (χ3v) is 3.61. The van der Waals surface area contributed by atoms with Crippen LogP contribution in [0.3, 0.4) is 0 Å². The first-order valence-electron chi connectivity index (χ1n) is 5.76. The second-order valence-electron chi connectivity index (χ2n) is 3.93. The molecule has 0 amide bonds. The number of hydrogen-bond donors (Lipinski definition) is 1. The molecule has 3 aromatic heterocycles. The van der Waals surface area contributed by atoms with Gasteiger partial charge in [0.15, 0.2) is 0 Å². The standard InChI is InChI=1S/C11H10ClN7S/c1-7-2-3-8(20-7)4-14-10-16-9(12)17-11(18-10)19-6-13-5-15-19/h2-3,5-6H,4H2,1H3,(H,14,16,17,18). The lowest BCUT2D eigenvalue weighted by Gasteiger charge is -2.05. The van der Waals surface area contributed by atoms with Crippen molar-refractivity contribution in [3.63, 3.8) is 0 Å². The van der Waals surface area contributed by atoms with Crippen LogP contribution >= 0.6 is 22.9 Å². The van der Waals surface area contributed by atoms with Gasteiger partial charge in [0.25, 0.3) is 5.95 Å². The van der Waals surface area contributed by atoms with E-state index in [0.29, 0.717) is 18.4 Å². The number of thiophene rings is 1. The number of halogens is 1. The Kier molecular flexibility index (Phi) is 3.57. The van der Waals surface area contributed by atoms with E-state index >= 15 is 0 Å². The summed E-state index contributed by atoms with van der Waals surface area (Å²) in [6, 6.07) is 4.14. The Morgan fingerprint density at radius 3 is 2.90 bits per heavy atom. The van der Waals surface area contributed by atoms with E-state index in [1.807, 2.05) is 0 Å². The summed E-state index contributed by atoms with van der Waals surface area (Å²) in [6.45, 7) is 2.70. The Balaban J connectivity index is 1.79. The summed E-state index contributed by atoms with van der Waals surface area (Å²) in [7, 11) is 0. The van der Waals surface area contributed by atoms with Gasteiger partial charge in [-0.25, -0.2) is 4.98 Å². The van der Waals surface area contributed by atoms with Gasteiger partial charge in [0.05, 0.1) is 6.54 Å². The minimum absolute atomic E-state index is 0.107. The van der Waals surface area contributed by atoms with Gasteiger partial charge in [-0.15, -0.1) is 11.3 Å². The van der Waals surface area contributed by atoms with Crippen molar-refractivity contribution in [1.29, 1.82) is 0 Å². The van der Waals surface area contributed by atoms with Crippen LogP contribution < -0.4 is 5.32 Å². The lowest BCUT2D eigenvalue weighted by molar-refractivity contribution is 0.793. The van der Waals surface area contributed by atoms with Gasteiger partial charge in [0.2, 0.25) is 11.2 Å². The molecule has 20 heavy (non-hydrogen) atoms. The summed E-state index contributed by atoms with van der Waals surface area (Å²) in [6.07, 6.45) is 2.90. The SMILES string of the molecule is Cc1ccc(CNc2nc(Cl)nc(-n3cncn3)n2)s1. The molecule has 0 aliphatic rings. The average Bonchev–Trinajstić information content (AvgIpc) is 3.07. The van der Waals surface area contributed by atoms with Crippen LogP contribution in [0.2, 0.25) is 5.28 Å². The largest absolute Gasteiger partial charge is 0.349 e. The molecule has 0 aromatic carbocycles. The maximum Gasteiger partial charge on any atom is 0.258 e. The van der Waals surface area contributed by atoms with E-state index < -0.39 is 0 Å². The Morgan fingerprint density at radius 2 is 2.20 bits per heavy atom. The van der Waals surface area contributed by atoms with Crippen molar-refractivity contribution in [3.8, 4) is 5.95 Å². The van der Waals surface area contributed by atoms with Crippen LogP contribution in [0.1, 0.15) is 9.75 Å². The fourth-order valence-corrected chi connectivity index (χ4v) is 2.56. The molecular formula is C11H10ClN7S.